The summed E-state index contributed by atoms with van der Waals surface area (Å²) in [5, 5.41) is 3.54. The fraction of sp³-hybridized carbons (Fsp3) is 0.0952. The van der Waals surface area contributed by atoms with Crippen LogP contribution in [0.4, 0.5) is 5.69 Å². The maximum absolute atomic E-state index is 13.1. The Hall–Kier alpha value is -3.58. The molecule has 8 heteroatoms. The standard InChI is InChI=1S/C21H16ClN3O4/c22-14-5-3-6-15(11-14)23-19(26)13-24-18-9-2-1-8-17(18)20(27)25(21(24)28)12-16-7-4-10-29-16/h1-11H,12-13H2,(H,23,26). The van der Waals surface area contributed by atoms with Crippen LogP contribution in [-0.2, 0) is 17.9 Å². The molecule has 2 aromatic carbocycles. The predicted octanol–water partition coefficient (Wildman–Crippen LogP) is 3.10. The molecule has 0 aliphatic rings. The van der Waals surface area contributed by atoms with Crippen LogP contribution in [0.5, 0.6) is 0 Å². The van der Waals surface area contributed by atoms with Crippen molar-refractivity contribution in [2.75, 3.05) is 5.32 Å². The first-order valence-electron chi connectivity index (χ1n) is 8.83. The SMILES string of the molecule is O=C(Cn1c(=O)n(Cc2ccco2)c(=O)c2ccccc21)Nc1cccc(Cl)c1. The number of furan rings is 1. The van der Waals surface area contributed by atoms with Crippen LogP contribution < -0.4 is 16.6 Å². The van der Waals surface area contributed by atoms with Crippen molar-refractivity contribution in [1.29, 1.82) is 0 Å². The number of nitrogens with zero attached hydrogens (tertiary/aromatic N) is 2. The number of fused-ring (bicyclic) bond motifs is 1. The highest BCUT2D eigenvalue weighted by atomic mass is 35.5. The second-order valence-electron chi connectivity index (χ2n) is 6.42. The first-order valence-corrected chi connectivity index (χ1v) is 9.21. The first-order chi connectivity index (χ1) is 14.0. The van der Waals surface area contributed by atoms with Gasteiger partial charge in [0.15, 0.2) is 0 Å². The minimum atomic E-state index is -0.591. The van der Waals surface area contributed by atoms with Crippen LogP contribution in [0.1, 0.15) is 5.76 Å². The van der Waals surface area contributed by atoms with Crippen molar-refractivity contribution in [3.05, 3.63) is 98.5 Å². The van der Waals surface area contributed by atoms with E-state index < -0.39 is 17.2 Å². The molecule has 0 fully saturated rings. The normalized spacial score (nSPS) is 10.9. The first kappa shape index (κ1) is 18.8. The van der Waals surface area contributed by atoms with E-state index in [9.17, 15) is 14.4 Å². The number of hydrogen-bond acceptors (Lipinski definition) is 4. The van der Waals surface area contributed by atoms with Crippen molar-refractivity contribution in [2.45, 2.75) is 13.1 Å². The second kappa shape index (κ2) is 7.81. The summed E-state index contributed by atoms with van der Waals surface area (Å²) in [6, 6.07) is 16.8. The fourth-order valence-corrected chi connectivity index (χ4v) is 3.32. The molecule has 0 radical (unpaired) electrons. The van der Waals surface area contributed by atoms with Gasteiger partial charge in [0, 0.05) is 10.7 Å². The van der Waals surface area contributed by atoms with Gasteiger partial charge in [-0.3, -0.25) is 18.7 Å². The van der Waals surface area contributed by atoms with Crippen molar-refractivity contribution >= 4 is 34.1 Å². The highest BCUT2D eigenvalue weighted by Crippen LogP contribution is 2.15. The molecule has 0 bridgehead atoms. The number of aromatic nitrogens is 2. The number of benzene rings is 2. The van der Waals surface area contributed by atoms with Crippen LogP contribution in [-0.4, -0.2) is 15.0 Å². The zero-order valence-electron chi connectivity index (χ0n) is 15.2. The van der Waals surface area contributed by atoms with Gasteiger partial charge in [-0.05, 0) is 42.5 Å². The van der Waals surface area contributed by atoms with Crippen LogP contribution in [0.3, 0.4) is 0 Å². The van der Waals surface area contributed by atoms with Crippen molar-refractivity contribution < 1.29 is 9.21 Å². The molecule has 0 saturated heterocycles. The van der Waals surface area contributed by atoms with Gasteiger partial charge >= 0.3 is 5.69 Å². The van der Waals surface area contributed by atoms with Crippen molar-refractivity contribution in [2.24, 2.45) is 0 Å². The molecule has 7 nitrogen and oxygen atoms in total. The monoisotopic (exact) mass is 409 g/mol. The number of hydrogen-bond donors (Lipinski definition) is 1. The molecule has 1 amide bonds. The summed E-state index contributed by atoms with van der Waals surface area (Å²) >= 11 is 5.94. The van der Waals surface area contributed by atoms with Crippen molar-refractivity contribution in [3.63, 3.8) is 0 Å². The highest BCUT2D eigenvalue weighted by Gasteiger charge is 2.16. The Balaban J connectivity index is 1.75. The van der Waals surface area contributed by atoms with Crippen LogP contribution in [0.25, 0.3) is 10.9 Å². The van der Waals surface area contributed by atoms with E-state index in [-0.39, 0.29) is 13.1 Å². The number of carbonyl (C=O) groups excluding carboxylic acids is 1. The Bertz CT molecular complexity index is 1310. The molecule has 0 spiro atoms. The molecule has 1 N–H and O–H groups in total. The maximum atomic E-state index is 13.1. The molecule has 2 aromatic heterocycles. The van der Waals surface area contributed by atoms with Gasteiger partial charge in [-0.1, -0.05) is 29.8 Å². The number of rotatable bonds is 5. The minimum Gasteiger partial charge on any atom is -0.467 e. The average molecular weight is 410 g/mol. The third kappa shape index (κ3) is 3.86. The quantitative estimate of drug-likeness (QED) is 0.548. The Morgan fingerprint density at radius 2 is 1.83 bits per heavy atom. The molecule has 4 rings (SSSR count). The van der Waals surface area contributed by atoms with Gasteiger partial charge in [0.05, 0.1) is 23.7 Å². The van der Waals surface area contributed by atoms with Crippen LogP contribution >= 0.6 is 11.6 Å². The van der Waals surface area contributed by atoms with E-state index in [1.165, 1.54) is 10.8 Å². The maximum Gasteiger partial charge on any atom is 0.332 e. The Labute approximate surface area is 169 Å². The Kier molecular flexibility index (Phi) is 5.05. The molecule has 0 aliphatic carbocycles. The van der Waals surface area contributed by atoms with E-state index in [0.29, 0.717) is 27.4 Å². The van der Waals surface area contributed by atoms with Crippen LogP contribution in [0, 0.1) is 0 Å². The molecular formula is C21H16ClN3O4. The molecule has 0 saturated carbocycles. The zero-order valence-corrected chi connectivity index (χ0v) is 15.9. The lowest BCUT2D eigenvalue weighted by molar-refractivity contribution is -0.116. The third-order valence-electron chi connectivity index (χ3n) is 4.44. The molecule has 146 valence electrons. The van der Waals surface area contributed by atoms with Gasteiger partial charge in [0.2, 0.25) is 5.91 Å². The second-order valence-corrected chi connectivity index (χ2v) is 6.85. The summed E-state index contributed by atoms with van der Waals surface area (Å²) in [5.74, 6) is 0.0529. The van der Waals surface area contributed by atoms with Gasteiger partial charge in [0.25, 0.3) is 5.56 Å². The third-order valence-corrected chi connectivity index (χ3v) is 4.67. The number of halogens is 1. The minimum absolute atomic E-state index is 0.0224. The lowest BCUT2D eigenvalue weighted by Gasteiger charge is -2.13. The number of carbonyl (C=O) groups is 1. The number of para-hydroxylation sites is 1. The van der Waals surface area contributed by atoms with Crippen LogP contribution in [0.15, 0.2) is 80.9 Å². The summed E-state index contributed by atoms with van der Waals surface area (Å²) in [7, 11) is 0. The Morgan fingerprint density at radius 1 is 1.00 bits per heavy atom. The zero-order chi connectivity index (χ0) is 20.4. The lowest BCUT2D eigenvalue weighted by Crippen LogP contribution is -2.42. The molecule has 2 heterocycles. The van der Waals surface area contributed by atoms with E-state index in [2.05, 4.69) is 5.32 Å². The summed E-state index contributed by atoms with van der Waals surface area (Å²) in [6.07, 6.45) is 1.47. The largest absolute Gasteiger partial charge is 0.467 e. The van der Waals surface area contributed by atoms with Crippen molar-refractivity contribution in [1.82, 2.24) is 9.13 Å². The summed E-state index contributed by atoms with van der Waals surface area (Å²) < 4.78 is 7.61. The van der Waals surface area contributed by atoms with E-state index >= 15 is 0 Å². The lowest BCUT2D eigenvalue weighted by atomic mass is 10.2. The van der Waals surface area contributed by atoms with E-state index in [0.717, 1.165) is 4.57 Å². The summed E-state index contributed by atoms with van der Waals surface area (Å²) in [4.78, 5) is 38.5. The van der Waals surface area contributed by atoms with Gasteiger partial charge in [-0.15, -0.1) is 0 Å². The number of nitrogens with one attached hydrogen (secondary N) is 1. The Morgan fingerprint density at radius 3 is 2.59 bits per heavy atom. The van der Waals surface area contributed by atoms with Crippen molar-refractivity contribution in [3.8, 4) is 0 Å². The van der Waals surface area contributed by atoms with Gasteiger partial charge < -0.3 is 9.73 Å². The molecule has 0 atom stereocenters. The smallest absolute Gasteiger partial charge is 0.332 e. The molecule has 4 aromatic rings. The van der Waals surface area contributed by atoms with E-state index in [4.69, 9.17) is 16.0 Å². The molecule has 0 aliphatic heterocycles. The number of amides is 1. The predicted molar refractivity (Wildman–Crippen MR) is 110 cm³/mol. The highest BCUT2D eigenvalue weighted by molar-refractivity contribution is 6.30. The summed E-state index contributed by atoms with van der Waals surface area (Å²) in [6.45, 7) is -0.282. The van der Waals surface area contributed by atoms with Gasteiger partial charge in [-0.25, -0.2) is 4.79 Å². The molecule has 0 unspecified atom stereocenters. The fourth-order valence-electron chi connectivity index (χ4n) is 3.13. The van der Waals surface area contributed by atoms with Gasteiger partial charge in [-0.2, -0.15) is 0 Å². The molecular weight excluding hydrogens is 394 g/mol. The average Bonchev–Trinajstić information content (AvgIpc) is 3.22. The summed E-state index contributed by atoms with van der Waals surface area (Å²) in [5.41, 5.74) is -0.122. The van der Waals surface area contributed by atoms with E-state index in [1.54, 1.807) is 60.7 Å². The van der Waals surface area contributed by atoms with E-state index in [1.807, 2.05) is 0 Å². The topological polar surface area (TPSA) is 86.2 Å². The molecule has 29 heavy (non-hydrogen) atoms. The van der Waals surface area contributed by atoms with Crippen LogP contribution in [0.2, 0.25) is 5.02 Å². The van der Waals surface area contributed by atoms with Gasteiger partial charge in [0.1, 0.15) is 12.3 Å². The number of anilines is 1.